The first-order valence-corrected chi connectivity index (χ1v) is 10.9. The van der Waals surface area contributed by atoms with Crippen LogP contribution in [0.15, 0.2) is 29.3 Å². The van der Waals surface area contributed by atoms with Crippen molar-refractivity contribution in [2.45, 2.75) is 50.4 Å². The summed E-state index contributed by atoms with van der Waals surface area (Å²) in [6.07, 6.45) is 1.80. The van der Waals surface area contributed by atoms with E-state index in [1.807, 2.05) is 0 Å². The van der Waals surface area contributed by atoms with Crippen molar-refractivity contribution in [1.82, 2.24) is 20.4 Å². The van der Waals surface area contributed by atoms with Crippen LogP contribution in [0.25, 0.3) is 0 Å². The maximum absolute atomic E-state index is 12.7. The summed E-state index contributed by atoms with van der Waals surface area (Å²) in [5, 5.41) is 6.74. The minimum Gasteiger partial charge on any atom is -0.355 e. The molecule has 1 aromatic rings. The second kappa shape index (κ2) is 11.7. The molecular formula is C22H35F3IN5. The van der Waals surface area contributed by atoms with Gasteiger partial charge in [-0.15, -0.1) is 24.0 Å². The first kappa shape index (κ1) is 26.2. The molecule has 3 rings (SSSR count). The summed E-state index contributed by atoms with van der Waals surface area (Å²) in [5.74, 6) is 0.685. The van der Waals surface area contributed by atoms with Crippen LogP contribution in [-0.2, 0) is 12.7 Å². The van der Waals surface area contributed by atoms with Gasteiger partial charge in [-0.3, -0.25) is 9.89 Å². The zero-order chi connectivity index (χ0) is 21.6. The summed E-state index contributed by atoms with van der Waals surface area (Å²) in [6.45, 7) is 5.75. The third-order valence-electron chi connectivity index (χ3n) is 6.49. The van der Waals surface area contributed by atoms with Gasteiger partial charge in [-0.1, -0.05) is 18.6 Å². The lowest BCUT2D eigenvalue weighted by Gasteiger charge is -2.50. The second-order valence-electron chi connectivity index (χ2n) is 8.55. The topological polar surface area (TPSA) is 42.9 Å². The van der Waals surface area contributed by atoms with Gasteiger partial charge in [0.15, 0.2) is 5.96 Å². The molecule has 2 aliphatic heterocycles. The monoisotopic (exact) mass is 553 g/mol. The maximum atomic E-state index is 12.7. The third-order valence-corrected chi connectivity index (χ3v) is 6.49. The largest absolute Gasteiger partial charge is 0.416 e. The van der Waals surface area contributed by atoms with Crippen LogP contribution in [0.2, 0.25) is 0 Å². The molecule has 0 radical (unpaired) electrons. The molecule has 0 spiro atoms. The molecule has 0 atom stereocenters. The highest BCUT2D eigenvalue weighted by molar-refractivity contribution is 14.0. The van der Waals surface area contributed by atoms with Crippen LogP contribution in [0.4, 0.5) is 13.2 Å². The SMILES string of the molecule is CN=C(NCc1ccc(C(F)(F)F)cc1)NCC1(N2CCCCC2)CCN(C)CC1.I. The number of benzene rings is 1. The second-order valence-corrected chi connectivity index (χ2v) is 8.55. The molecule has 0 aromatic heterocycles. The molecule has 0 amide bonds. The Balaban J connectivity index is 0.00000341. The number of likely N-dealkylation sites (tertiary alicyclic amines) is 2. The van der Waals surface area contributed by atoms with E-state index in [0.717, 1.165) is 63.3 Å². The van der Waals surface area contributed by atoms with E-state index < -0.39 is 11.7 Å². The van der Waals surface area contributed by atoms with Crippen molar-refractivity contribution in [3.8, 4) is 0 Å². The molecule has 2 N–H and O–H groups in total. The third kappa shape index (κ3) is 7.21. The van der Waals surface area contributed by atoms with Crippen LogP contribution >= 0.6 is 24.0 Å². The molecule has 2 saturated heterocycles. The predicted octanol–water partition coefficient (Wildman–Crippen LogP) is 3.94. The lowest BCUT2D eigenvalue weighted by Crippen LogP contribution is -2.62. The van der Waals surface area contributed by atoms with Crippen molar-refractivity contribution in [2.75, 3.05) is 46.8 Å². The van der Waals surface area contributed by atoms with E-state index in [9.17, 15) is 13.2 Å². The number of guanidine groups is 1. The van der Waals surface area contributed by atoms with Crippen LogP contribution in [0.5, 0.6) is 0 Å². The Morgan fingerprint density at radius 2 is 1.61 bits per heavy atom. The fraction of sp³-hybridized carbons (Fsp3) is 0.682. The maximum Gasteiger partial charge on any atom is 0.416 e. The van der Waals surface area contributed by atoms with Crippen LogP contribution in [0, 0.1) is 0 Å². The Labute approximate surface area is 200 Å². The van der Waals surface area contributed by atoms with Gasteiger partial charge >= 0.3 is 6.18 Å². The fourth-order valence-electron chi connectivity index (χ4n) is 4.47. The molecular weight excluding hydrogens is 518 g/mol. The molecule has 9 heteroatoms. The number of alkyl halides is 3. The van der Waals surface area contributed by atoms with Gasteiger partial charge in [-0.05, 0) is 76.6 Å². The van der Waals surface area contributed by atoms with E-state index >= 15 is 0 Å². The van der Waals surface area contributed by atoms with Gasteiger partial charge in [0.05, 0.1) is 5.56 Å². The molecule has 2 aliphatic rings. The summed E-state index contributed by atoms with van der Waals surface area (Å²) in [7, 11) is 3.91. The van der Waals surface area contributed by atoms with Gasteiger partial charge < -0.3 is 15.5 Å². The zero-order valence-electron chi connectivity index (χ0n) is 18.5. The van der Waals surface area contributed by atoms with Crippen LogP contribution in [0.1, 0.15) is 43.2 Å². The molecule has 0 saturated carbocycles. The molecule has 31 heavy (non-hydrogen) atoms. The Kier molecular flexibility index (Phi) is 9.88. The molecule has 5 nitrogen and oxygen atoms in total. The van der Waals surface area contributed by atoms with Crippen molar-refractivity contribution < 1.29 is 13.2 Å². The molecule has 2 heterocycles. The quantitative estimate of drug-likeness (QED) is 0.330. The summed E-state index contributed by atoms with van der Waals surface area (Å²) < 4.78 is 38.2. The van der Waals surface area contributed by atoms with Crippen LogP contribution in [0.3, 0.4) is 0 Å². The number of nitrogens with zero attached hydrogens (tertiary/aromatic N) is 3. The summed E-state index contributed by atoms with van der Waals surface area (Å²) in [6, 6.07) is 5.26. The van der Waals surface area contributed by atoms with Crippen molar-refractivity contribution in [3.63, 3.8) is 0 Å². The Morgan fingerprint density at radius 1 is 1.00 bits per heavy atom. The van der Waals surface area contributed by atoms with E-state index in [2.05, 4.69) is 32.5 Å². The number of rotatable bonds is 5. The van der Waals surface area contributed by atoms with E-state index in [0.29, 0.717) is 12.5 Å². The highest BCUT2D eigenvalue weighted by atomic mass is 127. The number of aliphatic imine (C=N–C) groups is 1. The predicted molar refractivity (Wildman–Crippen MR) is 130 cm³/mol. The first-order valence-electron chi connectivity index (χ1n) is 10.9. The van der Waals surface area contributed by atoms with E-state index in [4.69, 9.17) is 0 Å². The van der Waals surface area contributed by atoms with Crippen molar-refractivity contribution in [1.29, 1.82) is 0 Å². The van der Waals surface area contributed by atoms with Gasteiger partial charge in [0, 0.05) is 25.7 Å². The van der Waals surface area contributed by atoms with Crippen molar-refractivity contribution in [3.05, 3.63) is 35.4 Å². The van der Waals surface area contributed by atoms with Crippen LogP contribution in [-0.4, -0.2) is 68.1 Å². The van der Waals surface area contributed by atoms with Gasteiger partial charge in [0.1, 0.15) is 0 Å². The summed E-state index contributed by atoms with van der Waals surface area (Å²) in [4.78, 5) is 9.38. The van der Waals surface area contributed by atoms with E-state index in [1.54, 1.807) is 7.05 Å². The number of halogens is 4. The normalized spacial score (nSPS) is 20.7. The fourth-order valence-corrected chi connectivity index (χ4v) is 4.47. The smallest absolute Gasteiger partial charge is 0.355 e. The van der Waals surface area contributed by atoms with Crippen LogP contribution < -0.4 is 10.6 Å². The molecule has 0 aliphatic carbocycles. The number of hydrogen-bond acceptors (Lipinski definition) is 3. The Hall–Kier alpha value is -1.07. The number of nitrogens with one attached hydrogen (secondary N) is 2. The van der Waals surface area contributed by atoms with Crippen molar-refractivity contribution >= 4 is 29.9 Å². The lowest BCUT2D eigenvalue weighted by atomic mass is 9.84. The van der Waals surface area contributed by atoms with Gasteiger partial charge in [-0.25, -0.2) is 0 Å². The summed E-state index contributed by atoms with van der Waals surface area (Å²) >= 11 is 0. The standard InChI is InChI=1S/C22H34F3N5.HI/c1-26-20(27-16-18-6-8-19(9-7-18)22(23,24)25)28-17-21(10-14-29(2)15-11-21)30-12-4-3-5-13-30;/h6-9H,3-5,10-17H2,1-2H3,(H2,26,27,28);1H. The lowest BCUT2D eigenvalue weighted by molar-refractivity contribution is -0.137. The highest BCUT2D eigenvalue weighted by Gasteiger charge is 2.39. The highest BCUT2D eigenvalue weighted by Crippen LogP contribution is 2.31. The summed E-state index contributed by atoms with van der Waals surface area (Å²) in [5.41, 5.74) is 0.300. The van der Waals surface area contributed by atoms with Gasteiger partial charge in [-0.2, -0.15) is 13.2 Å². The first-order chi connectivity index (χ1) is 14.3. The molecule has 176 valence electrons. The van der Waals surface area contributed by atoms with Gasteiger partial charge in [0.2, 0.25) is 0 Å². The minimum absolute atomic E-state index is 0. The zero-order valence-corrected chi connectivity index (χ0v) is 20.8. The number of hydrogen-bond donors (Lipinski definition) is 2. The average molecular weight is 553 g/mol. The molecule has 2 fully saturated rings. The van der Waals surface area contributed by atoms with Gasteiger partial charge in [0.25, 0.3) is 0 Å². The van der Waals surface area contributed by atoms with E-state index in [1.165, 1.54) is 31.4 Å². The molecule has 0 unspecified atom stereocenters. The average Bonchev–Trinajstić information content (AvgIpc) is 2.75. The Bertz CT molecular complexity index is 694. The molecule has 1 aromatic carbocycles. The van der Waals surface area contributed by atoms with Crippen molar-refractivity contribution in [2.24, 2.45) is 4.99 Å². The molecule has 0 bridgehead atoms. The minimum atomic E-state index is -4.31. The van der Waals surface area contributed by atoms with E-state index in [-0.39, 0.29) is 29.5 Å². The number of piperidine rings is 2. The Morgan fingerprint density at radius 3 is 2.16 bits per heavy atom.